The number of halogens is 1. The number of aromatic nitrogens is 5. The molecule has 5 rings (SSSR count). The van der Waals surface area contributed by atoms with E-state index in [1.54, 1.807) is 4.57 Å². The fourth-order valence-electron chi connectivity index (χ4n) is 4.32. The molecule has 0 N–H and O–H groups in total. The smallest absolute Gasteiger partial charge is 0.352 e. The van der Waals surface area contributed by atoms with Crippen molar-refractivity contribution in [2.24, 2.45) is 0 Å². The number of benzene rings is 1. The van der Waals surface area contributed by atoms with Gasteiger partial charge < -0.3 is 4.74 Å². The molecule has 4 aromatic rings. The van der Waals surface area contributed by atoms with E-state index in [1.165, 1.54) is 10.8 Å². The number of rotatable bonds is 4. The van der Waals surface area contributed by atoms with Crippen molar-refractivity contribution in [3.8, 4) is 0 Å². The highest BCUT2D eigenvalue weighted by Crippen LogP contribution is 2.20. The van der Waals surface area contributed by atoms with Gasteiger partial charge in [-0.15, -0.1) is 0 Å². The molecule has 2 atom stereocenters. The van der Waals surface area contributed by atoms with E-state index in [1.807, 2.05) is 30.5 Å². The summed E-state index contributed by atoms with van der Waals surface area (Å²) >= 11 is 6.00. The summed E-state index contributed by atoms with van der Waals surface area (Å²) in [6.45, 7) is 7.06. The molecule has 3 aromatic heterocycles. The molecule has 0 spiro atoms. The lowest BCUT2D eigenvalue weighted by Gasteiger charge is -2.35. The Labute approximate surface area is 184 Å². The van der Waals surface area contributed by atoms with Gasteiger partial charge in [-0.2, -0.15) is 9.61 Å². The topological polar surface area (TPSA) is 77.6 Å². The Bertz CT molecular complexity index is 1290. The maximum Gasteiger partial charge on any atom is 0.352 e. The Morgan fingerprint density at radius 2 is 1.77 bits per heavy atom. The first-order chi connectivity index (χ1) is 15.0. The Morgan fingerprint density at radius 3 is 2.52 bits per heavy atom. The summed E-state index contributed by atoms with van der Waals surface area (Å²) in [6.07, 6.45) is 3.65. The largest absolute Gasteiger partial charge is 0.373 e. The predicted molar refractivity (Wildman–Crippen MR) is 118 cm³/mol. The minimum Gasteiger partial charge on any atom is -0.373 e. The molecule has 0 radical (unpaired) electrons. The van der Waals surface area contributed by atoms with E-state index in [0.717, 1.165) is 36.1 Å². The van der Waals surface area contributed by atoms with Gasteiger partial charge in [0.05, 0.1) is 24.1 Å². The first-order valence-electron chi connectivity index (χ1n) is 10.3. The minimum atomic E-state index is -0.272. The van der Waals surface area contributed by atoms with Crippen LogP contribution >= 0.6 is 11.6 Å². The molecule has 4 heterocycles. The molecule has 160 valence electrons. The minimum absolute atomic E-state index is 0.199. The van der Waals surface area contributed by atoms with Crippen molar-refractivity contribution in [1.82, 2.24) is 29.0 Å². The SMILES string of the molecule is CC1CN(Cc2cnc3c(c2)c2ncnn2c(=O)n3Cc2ccc(Cl)cc2)CC(C)O1. The maximum absolute atomic E-state index is 13.1. The van der Waals surface area contributed by atoms with Gasteiger partial charge in [-0.1, -0.05) is 23.7 Å². The van der Waals surface area contributed by atoms with Crippen LogP contribution in [0.1, 0.15) is 25.0 Å². The van der Waals surface area contributed by atoms with Crippen LogP contribution in [-0.4, -0.2) is 54.3 Å². The summed E-state index contributed by atoms with van der Waals surface area (Å²) in [4.78, 5) is 24.5. The first-order valence-corrected chi connectivity index (χ1v) is 10.7. The highest BCUT2D eigenvalue weighted by molar-refractivity contribution is 6.30. The Morgan fingerprint density at radius 1 is 1.03 bits per heavy atom. The molecule has 0 saturated carbocycles. The van der Waals surface area contributed by atoms with E-state index in [2.05, 4.69) is 39.9 Å². The van der Waals surface area contributed by atoms with Gasteiger partial charge in [-0.25, -0.2) is 14.8 Å². The Hall–Kier alpha value is -2.81. The number of hydrogen-bond acceptors (Lipinski definition) is 6. The number of fused-ring (bicyclic) bond motifs is 3. The van der Waals surface area contributed by atoms with Crippen molar-refractivity contribution in [1.29, 1.82) is 0 Å². The van der Waals surface area contributed by atoms with Crippen LogP contribution in [0, 0.1) is 0 Å². The van der Waals surface area contributed by atoms with Crippen LogP contribution in [0.4, 0.5) is 0 Å². The van der Waals surface area contributed by atoms with Gasteiger partial charge in [0.1, 0.15) is 12.0 Å². The molecule has 0 aliphatic carbocycles. The van der Waals surface area contributed by atoms with Crippen LogP contribution < -0.4 is 5.69 Å². The lowest BCUT2D eigenvalue weighted by molar-refractivity contribution is -0.0705. The average Bonchev–Trinajstić information content (AvgIpc) is 3.22. The van der Waals surface area contributed by atoms with Crippen LogP contribution in [0.5, 0.6) is 0 Å². The number of nitrogens with zero attached hydrogens (tertiary/aromatic N) is 6. The molecule has 1 saturated heterocycles. The van der Waals surface area contributed by atoms with Crippen LogP contribution in [0.3, 0.4) is 0 Å². The molecule has 1 aliphatic heterocycles. The number of morpholine rings is 1. The standard InChI is InChI=1S/C22H23ClN6O2/c1-14-9-27(10-15(2)31-14)11-17-7-19-20(24-8-17)28(12-16-3-5-18(23)6-4-16)22(30)29-21(19)25-13-26-29/h3-8,13-15H,9-12H2,1-2H3. The fourth-order valence-corrected chi connectivity index (χ4v) is 4.45. The monoisotopic (exact) mass is 438 g/mol. The van der Waals surface area contributed by atoms with Crippen LogP contribution in [0.15, 0.2) is 47.7 Å². The zero-order chi connectivity index (χ0) is 21.5. The summed E-state index contributed by atoms with van der Waals surface area (Å²) in [5.74, 6) is 0. The molecule has 31 heavy (non-hydrogen) atoms. The van der Waals surface area contributed by atoms with Crippen LogP contribution in [0.25, 0.3) is 16.7 Å². The molecule has 8 nitrogen and oxygen atoms in total. The van der Waals surface area contributed by atoms with Crippen molar-refractivity contribution in [2.45, 2.75) is 39.1 Å². The van der Waals surface area contributed by atoms with E-state index in [4.69, 9.17) is 16.3 Å². The molecule has 0 amide bonds. The van der Waals surface area contributed by atoms with Gasteiger partial charge in [0.15, 0.2) is 5.65 Å². The second-order valence-electron chi connectivity index (χ2n) is 8.16. The number of ether oxygens (including phenoxy) is 1. The summed E-state index contributed by atoms with van der Waals surface area (Å²) in [5, 5.41) is 5.60. The zero-order valence-electron chi connectivity index (χ0n) is 17.4. The van der Waals surface area contributed by atoms with E-state index < -0.39 is 0 Å². The highest BCUT2D eigenvalue weighted by Gasteiger charge is 2.23. The predicted octanol–water partition coefficient (Wildman–Crippen LogP) is 2.75. The van der Waals surface area contributed by atoms with Gasteiger partial charge in [0, 0.05) is 30.9 Å². The first kappa shape index (κ1) is 20.1. The van der Waals surface area contributed by atoms with Crippen molar-refractivity contribution in [3.63, 3.8) is 0 Å². The third-order valence-corrected chi connectivity index (χ3v) is 5.79. The lowest BCUT2D eigenvalue weighted by Crippen LogP contribution is -2.44. The van der Waals surface area contributed by atoms with Gasteiger partial charge in [0.25, 0.3) is 0 Å². The average molecular weight is 439 g/mol. The van der Waals surface area contributed by atoms with Crippen molar-refractivity contribution < 1.29 is 4.74 Å². The molecule has 2 unspecified atom stereocenters. The zero-order valence-corrected chi connectivity index (χ0v) is 18.2. The number of hydrogen-bond donors (Lipinski definition) is 0. The molecular weight excluding hydrogens is 416 g/mol. The van der Waals surface area contributed by atoms with Crippen LogP contribution in [-0.2, 0) is 17.8 Å². The molecule has 1 aromatic carbocycles. The fraction of sp³-hybridized carbons (Fsp3) is 0.364. The van der Waals surface area contributed by atoms with Gasteiger partial charge in [-0.05, 0) is 43.2 Å². The second kappa shape index (κ2) is 8.03. The molecule has 9 heteroatoms. The van der Waals surface area contributed by atoms with Crippen LogP contribution in [0.2, 0.25) is 5.02 Å². The summed E-state index contributed by atoms with van der Waals surface area (Å²) < 4.78 is 8.80. The van der Waals surface area contributed by atoms with E-state index in [9.17, 15) is 4.79 Å². The van der Waals surface area contributed by atoms with Gasteiger partial charge in [-0.3, -0.25) is 9.47 Å². The molecule has 1 fully saturated rings. The van der Waals surface area contributed by atoms with Crippen molar-refractivity contribution in [3.05, 3.63) is 69.5 Å². The Balaban J connectivity index is 1.57. The maximum atomic E-state index is 13.1. The molecule has 0 bridgehead atoms. The number of pyridine rings is 1. The van der Waals surface area contributed by atoms with Crippen molar-refractivity contribution in [2.75, 3.05) is 13.1 Å². The van der Waals surface area contributed by atoms with E-state index in [0.29, 0.717) is 22.9 Å². The van der Waals surface area contributed by atoms with E-state index in [-0.39, 0.29) is 17.9 Å². The molecular formula is C22H23ClN6O2. The summed E-state index contributed by atoms with van der Waals surface area (Å²) in [5.41, 5.74) is 2.86. The van der Waals surface area contributed by atoms with Gasteiger partial charge in [0.2, 0.25) is 0 Å². The highest BCUT2D eigenvalue weighted by atomic mass is 35.5. The van der Waals surface area contributed by atoms with Gasteiger partial charge >= 0.3 is 5.69 Å². The normalized spacial score (nSPS) is 20.0. The van der Waals surface area contributed by atoms with E-state index >= 15 is 0 Å². The Kier molecular flexibility index (Phi) is 5.21. The third-order valence-electron chi connectivity index (χ3n) is 5.54. The molecule has 1 aliphatic rings. The second-order valence-corrected chi connectivity index (χ2v) is 8.59. The summed E-state index contributed by atoms with van der Waals surface area (Å²) in [6, 6.07) is 9.50. The quantitative estimate of drug-likeness (QED) is 0.487. The summed E-state index contributed by atoms with van der Waals surface area (Å²) in [7, 11) is 0. The third kappa shape index (κ3) is 3.94. The lowest BCUT2D eigenvalue weighted by atomic mass is 10.1. The van der Waals surface area contributed by atoms with Crippen molar-refractivity contribution >= 4 is 28.3 Å².